The standard InChI is InChI=1S/C26H41N3O8/c1-16(2)21-13-36-14-22(30)23(31)15-37-19-8-6-17(7-9-19)11-18(25(33)29-21)12-24(32)28-20(26(34)35)5-3-4-10-27/h6-9,16,18,20-23,30-31H,3-5,10-15,27H2,1-2H3,(H,28,32)(H,29,33)(H,34,35)/t18-,20-,21+,22?,23?/m0/s1. The number of nitrogens with one attached hydrogen (secondary N) is 2. The molecule has 2 aliphatic rings. The van der Waals surface area contributed by atoms with Crippen LogP contribution in [0.15, 0.2) is 24.3 Å². The minimum atomic E-state index is -1.17. The number of carboxylic acid groups (broad SMARTS) is 1. The number of hydrogen-bond donors (Lipinski definition) is 6. The number of benzene rings is 1. The molecule has 0 fully saturated rings. The molecule has 0 saturated heterocycles. The van der Waals surface area contributed by atoms with Gasteiger partial charge in [0.15, 0.2) is 0 Å². The Kier molecular flexibility index (Phi) is 12.8. The summed E-state index contributed by atoms with van der Waals surface area (Å²) in [4.78, 5) is 37.8. The second-order valence-corrected chi connectivity index (χ2v) is 9.83. The van der Waals surface area contributed by atoms with E-state index < -0.39 is 42.1 Å². The average molecular weight is 524 g/mol. The summed E-state index contributed by atoms with van der Waals surface area (Å²) in [6.07, 6.45) is -0.790. The van der Waals surface area contributed by atoms with E-state index in [2.05, 4.69) is 10.6 Å². The van der Waals surface area contributed by atoms with Crippen LogP contribution in [0.5, 0.6) is 5.75 Å². The van der Waals surface area contributed by atoms with Gasteiger partial charge in [-0.25, -0.2) is 4.79 Å². The maximum atomic E-state index is 13.3. The van der Waals surface area contributed by atoms with Gasteiger partial charge in [-0.3, -0.25) is 9.59 Å². The van der Waals surface area contributed by atoms with Gasteiger partial charge in [-0.1, -0.05) is 26.0 Å². The van der Waals surface area contributed by atoms with Gasteiger partial charge in [-0.05, 0) is 55.8 Å². The van der Waals surface area contributed by atoms with E-state index in [0.717, 1.165) is 5.56 Å². The molecule has 11 nitrogen and oxygen atoms in total. The number of fused-ring (bicyclic) bond motifs is 13. The van der Waals surface area contributed by atoms with Gasteiger partial charge in [0.25, 0.3) is 0 Å². The lowest BCUT2D eigenvalue weighted by atomic mass is 9.93. The average Bonchev–Trinajstić information content (AvgIpc) is 2.85. The van der Waals surface area contributed by atoms with Crippen molar-refractivity contribution in [1.82, 2.24) is 10.6 Å². The van der Waals surface area contributed by atoms with Crippen LogP contribution in [0.25, 0.3) is 0 Å². The molecule has 2 amide bonds. The third-order valence-electron chi connectivity index (χ3n) is 6.37. The number of hydrogen-bond acceptors (Lipinski definition) is 8. The zero-order valence-electron chi connectivity index (χ0n) is 21.6. The van der Waals surface area contributed by atoms with E-state index in [1.165, 1.54) is 0 Å². The third kappa shape index (κ3) is 10.6. The molecular formula is C26H41N3O8. The van der Waals surface area contributed by atoms with Crippen molar-refractivity contribution in [2.24, 2.45) is 17.6 Å². The van der Waals surface area contributed by atoms with Gasteiger partial charge < -0.3 is 41.2 Å². The first-order valence-corrected chi connectivity index (χ1v) is 12.8. The highest BCUT2D eigenvalue weighted by Gasteiger charge is 2.28. The molecule has 7 N–H and O–H groups in total. The Morgan fingerprint density at radius 2 is 1.78 bits per heavy atom. The summed E-state index contributed by atoms with van der Waals surface area (Å²) >= 11 is 0. The minimum absolute atomic E-state index is 0.0130. The summed E-state index contributed by atoms with van der Waals surface area (Å²) < 4.78 is 11.1. The number of carboxylic acids is 1. The fourth-order valence-electron chi connectivity index (χ4n) is 3.91. The summed E-state index contributed by atoms with van der Waals surface area (Å²) in [5.41, 5.74) is 6.26. The lowest BCUT2D eigenvalue weighted by Crippen LogP contribution is -2.47. The molecule has 1 aromatic rings. The Hall–Kier alpha value is -2.73. The van der Waals surface area contributed by atoms with Gasteiger partial charge in [0.2, 0.25) is 11.8 Å². The van der Waals surface area contributed by atoms with Crippen molar-refractivity contribution in [1.29, 1.82) is 0 Å². The molecule has 0 aromatic heterocycles. The Bertz CT molecular complexity index is 864. The highest BCUT2D eigenvalue weighted by Crippen LogP contribution is 2.19. The second-order valence-electron chi connectivity index (χ2n) is 9.83. The van der Waals surface area contributed by atoms with Crippen LogP contribution in [0.2, 0.25) is 0 Å². The van der Waals surface area contributed by atoms with E-state index in [4.69, 9.17) is 15.2 Å². The number of amides is 2. The fourth-order valence-corrected chi connectivity index (χ4v) is 3.91. The lowest BCUT2D eigenvalue weighted by molar-refractivity contribution is -0.142. The first kappa shape index (κ1) is 30.5. The Morgan fingerprint density at radius 1 is 1.11 bits per heavy atom. The predicted molar refractivity (Wildman–Crippen MR) is 136 cm³/mol. The fraction of sp³-hybridized carbons (Fsp3) is 0.654. The highest BCUT2D eigenvalue weighted by molar-refractivity contribution is 5.88. The molecule has 11 heteroatoms. The van der Waals surface area contributed by atoms with Gasteiger partial charge >= 0.3 is 5.97 Å². The van der Waals surface area contributed by atoms with Gasteiger partial charge in [-0.15, -0.1) is 0 Å². The largest absolute Gasteiger partial charge is 0.491 e. The lowest BCUT2D eigenvalue weighted by Gasteiger charge is -2.27. The van der Waals surface area contributed by atoms with Crippen LogP contribution in [0, 0.1) is 11.8 Å². The monoisotopic (exact) mass is 523 g/mol. The zero-order chi connectivity index (χ0) is 27.4. The van der Waals surface area contributed by atoms with Crippen molar-refractivity contribution >= 4 is 17.8 Å². The number of carbonyl (C=O) groups is 3. The van der Waals surface area contributed by atoms with Gasteiger partial charge in [0.1, 0.15) is 30.6 Å². The molecule has 2 bridgehead atoms. The SMILES string of the molecule is CC(C)[C@H]1COCC(O)C(O)COc2ccc(cc2)C[C@@H](CC(=O)N[C@@H](CCCCN)C(=O)O)C(=O)N1. The molecule has 1 aromatic carbocycles. The topological polar surface area (TPSA) is 180 Å². The van der Waals surface area contributed by atoms with Crippen LogP contribution < -0.4 is 21.1 Å². The van der Waals surface area contributed by atoms with E-state index in [0.29, 0.717) is 25.1 Å². The van der Waals surface area contributed by atoms with E-state index in [1.807, 2.05) is 13.8 Å². The number of ether oxygens (including phenoxy) is 2. The number of nitrogens with two attached hydrogens (primary N) is 1. The van der Waals surface area contributed by atoms with E-state index >= 15 is 0 Å². The van der Waals surface area contributed by atoms with Gasteiger partial charge in [-0.2, -0.15) is 0 Å². The predicted octanol–water partition coefficient (Wildman–Crippen LogP) is 0.205. The van der Waals surface area contributed by atoms with E-state index in [-0.39, 0.29) is 50.9 Å². The Labute approximate surface area is 217 Å². The van der Waals surface area contributed by atoms with Crippen LogP contribution in [0.1, 0.15) is 45.1 Å². The molecule has 2 unspecified atom stereocenters. The first-order valence-electron chi connectivity index (χ1n) is 12.8. The van der Waals surface area contributed by atoms with Crippen LogP contribution in [-0.4, -0.2) is 83.8 Å². The third-order valence-corrected chi connectivity index (χ3v) is 6.37. The van der Waals surface area contributed by atoms with Crippen molar-refractivity contribution in [3.8, 4) is 5.75 Å². The molecule has 0 aliphatic carbocycles. The molecule has 37 heavy (non-hydrogen) atoms. The highest BCUT2D eigenvalue weighted by atomic mass is 16.5. The van der Waals surface area contributed by atoms with Crippen molar-refractivity contribution < 1.29 is 39.2 Å². The van der Waals surface area contributed by atoms with Crippen molar-refractivity contribution in [2.45, 2.75) is 70.2 Å². The van der Waals surface area contributed by atoms with Crippen LogP contribution in [0.4, 0.5) is 0 Å². The van der Waals surface area contributed by atoms with Gasteiger partial charge in [0, 0.05) is 6.42 Å². The molecule has 3 rings (SSSR count). The molecule has 0 saturated carbocycles. The molecule has 5 atom stereocenters. The maximum Gasteiger partial charge on any atom is 0.326 e. The van der Waals surface area contributed by atoms with Crippen LogP contribution >= 0.6 is 0 Å². The Morgan fingerprint density at radius 3 is 2.41 bits per heavy atom. The van der Waals surface area contributed by atoms with Crippen molar-refractivity contribution in [3.05, 3.63) is 29.8 Å². The van der Waals surface area contributed by atoms with Gasteiger partial charge in [0.05, 0.1) is 25.2 Å². The number of unbranched alkanes of at least 4 members (excludes halogenated alkanes) is 1. The van der Waals surface area contributed by atoms with Crippen molar-refractivity contribution in [3.63, 3.8) is 0 Å². The van der Waals surface area contributed by atoms with Crippen LogP contribution in [-0.2, 0) is 25.5 Å². The quantitative estimate of drug-likeness (QED) is 0.247. The molecule has 2 aliphatic heterocycles. The van der Waals surface area contributed by atoms with E-state index in [9.17, 15) is 29.7 Å². The molecule has 0 spiro atoms. The summed E-state index contributed by atoms with van der Waals surface area (Å²) in [6.45, 7) is 4.09. The minimum Gasteiger partial charge on any atom is -0.491 e. The number of aliphatic carboxylic acids is 1. The number of aliphatic hydroxyl groups excluding tert-OH is 2. The summed E-state index contributed by atoms with van der Waals surface area (Å²) in [6, 6.07) is 5.43. The maximum absolute atomic E-state index is 13.3. The Balaban J connectivity index is 2.21. The molecule has 208 valence electrons. The number of carbonyl (C=O) groups excluding carboxylic acids is 2. The van der Waals surface area contributed by atoms with E-state index in [1.54, 1.807) is 24.3 Å². The molecule has 2 heterocycles. The van der Waals surface area contributed by atoms with Crippen molar-refractivity contribution in [2.75, 3.05) is 26.4 Å². The zero-order valence-corrected chi connectivity index (χ0v) is 21.6. The summed E-state index contributed by atoms with van der Waals surface area (Å²) in [7, 11) is 0. The van der Waals surface area contributed by atoms with Crippen LogP contribution in [0.3, 0.4) is 0 Å². The molecular weight excluding hydrogens is 482 g/mol. The second kappa shape index (κ2) is 15.5. The molecule has 0 radical (unpaired) electrons. The smallest absolute Gasteiger partial charge is 0.326 e. The normalized spacial score (nSPS) is 24.2. The summed E-state index contributed by atoms with van der Waals surface area (Å²) in [5, 5.41) is 35.3. The first-order chi connectivity index (χ1) is 17.6. The summed E-state index contributed by atoms with van der Waals surface area (Å²) in [5.74, 6) is -2.31. The number of aliphatic hydroxyl groups is 2. The number of rotatable bonds is 9.